The highest BCUT2D eigenvalue weighted by Crippen LogP contribution is 2.08. The summed E-state index contributed by atoms with van der Waals surface area (Å²) < 4.78 is 5.00. The van der Waals surface area contributed by atoms with Gasteiger partial charge in [-0.25, -0.2) is 0 Å². The Labute approximate surface area is 114 Å². The molecule has 4 heteroatoms. The van der Waals surface area contributed by atoms with Crippen molar-refractivity contribution in [3.8, 4) is 0 Å². The van der Waals surface area contributed by atoms with Crippen molar-refractivity contribution >= 4 is 11.6 Å². The second-order valence-electron chi connectivity index (χ2n) is 4.36. The van der Waals surface area contributed by atoms with Gasteiger partial charge in [0.15, 0.2) is 0 Å². The summed E-state index contributed by atoms with van der Waals surface area (Å²) in [6.07, 6.45) is 2.94. The summed E-state index contributed by atoms with van der Waals surface area (Å²) in [6.45, 7) is 5.37. The fraction of sp³-hybridized carbons (Fsp3) is 0.400. The SMILES string of the molecule is C=CCN(CCOC)C(=O)CCc1ccc(N)cc1. The molecule has 0 saturated heterocycles. The molecule has 0 unspecified atom stereocenters. The predicted molar refractivity (Wildman–Crippen MR) is 77.8 cm³/mol. The Morgan fingerprint density at radius 1 is 1.42 bits per heavy atom. The van der Waals surface area contributed by atoms with E-state index in [1.54, 1.807) is 18.1 Å². The molecule has 1 aromatic rings. The second kappa shape index (κ2) is 8.32. The summed E-state index contributed by atoms with van der Waals surface area (Å²) in [5.41, 5.74) is 7.48. The summed E-state index contributed by atoms with van der Waals surface area (Å²) in [7, 11) is 1.63. The summed E-state index contributed by atoms with van der Waals surface area (Å²) in [5.74, 6) is 0.119. The third-order valence-electron chi connectivity index (χ3n) is 2.87. The molecular weight excluding hydrogens is 240 g/mol. The number of rotatable bonds is 8. The zero-order chi connectivity index (χ0) is 14.1. The molecule has 2 N–H and O–H groups in total. The van der Waals surface area contributed by atoms with E-state index in [4.69, 9.17) is 10.5 Å². The number of benzene rings is 1. The van der Waals surface area contributed by atoms with Gasteiger partial charge in [0.05, 0.1) is 6.61 Å². The summed E-state index contributed by atoms with van der Waals surface area (Å²) in [5, 5.41) is 0. The monoisotopic (exact) mass is 262 g/mol. The number of nitrogens with zero attached hydrogens (tertiary/aromatic N) is 1. The Balaban J connectivity index is 2.46. The van der Waals surface area contributed by atoms with Gasteiger partial charge in [-0.2, -0.15) is 0 Å². The smallest absolute Gasteiger partial charge is 0.223 e. The van der Waals surface area contributed by atoms with E-state index in [0.717, 1.165) is 17.7 Å². The van der Waals surface area contributed by atoms with Crippen LogP contribution in [0.15, 0.2) is 36.9 Å². The minimum Gasteiger partial charge on any atom is -0.399 e. The molecule has 0 aliphatic carbocycles. The maximum atomic E-state index is 12.1. The molecule has 1 aromatic carbocycles. The lowest BCUT2D eigenvalue weighted by molar-refractivity contribution is -0.131. The molecule has 1 rings (SSSR count). The van der Waals surface area contributed by atoms with Gasteiger partial charge < -0.3 is 15.4 Å². The van der Waals surface area contributed by atoms with Crippen LogP contribution in [-0.4, -0.2) is 37.6 Å². The first-order chi connectivity index (χ1) is 9.17. The molecule has 0 radical (unpaired) electrons. The van der Waals surface area contributed by atoms with Crippen molar-refractivity contribution in [1.29, 1.82) is 0 Å². The number of nitrogen functional groups attached to an aromatic ring is 1. The molecule has 0 saturated carbocycles. The van der Waals surface area contributed by atoms with E-state index in [1.807, 2.05) is 24.3 Å². The van der Waals surface area contributed by atoms with Crippen molar-refractivity contribution < 1.29 is 9.53 Å². The van der Waals surface area contributed by atoms with Gasteiger partial charge in [0.2, 0.25) is 5.91 Å². The van der Waals surface area contributed by atoms with E-state index in [0.29, 0.717) is 26.1 Å². The molecule has 0 aliphatic rings. The van der Waals surface area contributed by atoms with Crippen LogP contribution in [0.1, 0.15) is 12.0 Å². The van der Waals surface area contributed by atoms with Gasteiger partial charge in [-0.3, -0.25) is 4.79 Å². The molecule has 104 valence electrons. The number of nitrogens with two attached hydrogens (primary N) is 1. The minimum atomic E-state index is 0.119. The van der Waals surface area contributed by atoms with Crippen molar-refractivity contribution in [1.82, 2.24) is 4.90 Å². The van der Waals surface area contributed by atoms with Crippen molar-refractivity contribution in [2.24, 2.45) is 0 Å². The van der Waals surface area contributed by atoms with E-state index in [1.165, 1.54) is 0 Å². The van der Waals surface area contributed by atoms with Crippen LogP contribution in [0.2, 0.25) is 0 Å². The number of ether oxygens (including phenoxy) is 1. The highest BCUT2D eigenvalue weighted by Gasteiger charge is 2.11. The minimum absolute atomic E-state index is 0.119. The zero-order valence-electron chi connectivity index (χ0n) is 11.5. The Bertz CT molecular complexity index is 401. The molecule has 0 bridgehead atoms. The molecule has 0 spiro atoms. The van der Waals surface area contributed by atoms with E-state index in [9.17, 15) is 4.79 Å². The van der Waals surface area contributed by atoms with Crippen LogP contribution in [0.25, 0.3) is 0 Å². The predicted octanol–water partition coefficient (Wildman–Crippen LogP) is 1.86. The van der Waals surface area contributed by atoms with Crippen molar-refractivity contribution in [3.63, 3.8) is 0 Å². The average Bonchev–Trinajstić information content (AvgIpc) is 2.42. The third-order valence-corrected chi connectivity index (χ3v) is 2.87. The summed E-state index contributed by atoms with van der Waals surface area (Å²) in [6, 6.07) is 7.61. The lowest BCUT2D eigenvalue weighted by Crippen LogP contribution is -2.34. The van der Waals surface area contributed by atoms with Gasteiger partial charge in [0.1, 0.15) is 0 Å². The van der Waals surface area contributed by atoms with Crippen LogP contribution in [-0.2, 0) is 16.0 Å². The molecule has 1 amide bonds. The third kappa shape index (κ3) is 5.57. The lowest BCUT2D eigenvalue weighted by atomic mass is 10.1. The number of methoxy groups -OCH3 is 1. The van der Waals surface area contributed by atoms with Gasteiger partial charge in [-0.15, -0.1) is 6.58 Å². The van der Waals surface area contributed by atoms with Gasteiger partial charge in [0.25, 0.3) is 0 Å². The number of carbonyl (C=O) groups excluding carboxylic acids is 1. The van der Waals surface area contributed by atoms with E-state index < -0.39 is 0 Å². The van der Waals surface area contributed by atoms with Crippen molar-refractivity contribution in [3.05, 3.63) is 42.5 Å². The van der Waals surface area contributed by atoms with Crippen LogP contribution >= 0.6 is 0 Å². The molecule has 0 heterocycles. The number of amides is 1. The molecule has 0 atom stereocenters. The fourth-order valence-corrected chi connectivity index (χ4v) is 1.77. The van der Waals surface area contributed by atoms with Crippen LogP contribution < -0.4 is 5.73 Å². The Hall–Kier alpha value is -1.81. The van der Waals surface area contributed by atoms with Crippen LogP contribution in [0.5, 0.6) is 0 Å². The second-order valence-corrected chi connectivity index (χ2v) is 4.36. The van der Waals surface area contributed by atoms with Crippen LogP contribution in [0.4, 0.5) is 5.69 Å². The molecule has 19 heavy (non-hydrogen) atoms. The zero-order valence-corrected chi connectivity index (χ0v) is 11.5. The van der Waals surface area contributed by atoms with E-state index in [2.05, 4.69) is 6.58 Å². The molecular formula is C15H22N2O2. The van der Waals surface area contributed by atoms with Gasteiger partial charge in [0, 0.05) is 32.3 Å². The number of aryl methyl sites for hydroxylation is 1. The topological polar surface area (TPSA) is 55.6 Å². The average molecular weight is 262 g/mol. The highest BCUT2D eigenvalue weighted by molar-refractivity contribution is 5.76. The molecule has 0 aromatic heterocycles. The van der Waals surface area contributed by atoms with Gasteiger partial charge >= 0.3 is 0 Å². The number of anilines is 1. The van der Waals surface area contributed by atoms with Gasteiger partial charge in [-0.1, -0.05) is 18.2 Å². The first kappa shape index (κ1) is 15.2. The molecule has 0 fully saturated rings. The van der Waals surface area contributed by atoms with E-state index in [-0.39, 0.29) is 5.91 Å². The standard InChI is InChI=1S/C15H22N2O2/c1-3-10-17(11-12-19-2)15(18)9-6-13-4-7-14(16)8-5-13/h3-5,7-8H,1,6,9-12,16H2,2H3. The molecule has 0 aliphatic heterocycles. The van der Waals surface area contributed by atoms with Crippen LogP contribution in [0, 0.1) is 0 Å². The van der Waals surface area contributed by atoms with Crippen LogP contribution in [0.3, 0.4) is 0 Å². The van der Waals surface area contributed by atoms with Crippen molar-refractivity contribution in [2.45, 2.75) is 12.8 Å². The van der Waals surface area contributed by atoms with E-state index >= 15 is 0 Å². The number of hydrogen-bond acceptors (Lipinski definition) is 3. The first-order valence-electron chi connectivity index (χ1n) is 6.39. The Kier molecular flexibility index (Phi) is 6.68. The number of carbonyl (C=O) groups is 1. The van der Waals surface area contributed by atoms with Gasteiger partial charge in [-0.05, 0) is 24.1 Å². The quantitative estimate of drug-likeness (QED) is 0.574. The molecule has 4 nitrogen and oxygen atoms in total. The lowest BCUT2D eigenvalue weighted by Gasteiger charge is -2.20. The fourth-order valence-electron chi connectivity index (χ4n) is 1.77. The van der Waals surface area contributed by atoms with Crippen molar-refractivity contribution in [2.75, 3.05) is 32.5 Å². The first-order valence-corrected chi connectivity index (χ1v) is 6.39. The largest absolute Gasteiger partial charge is 0.399 e. The number of hydrogen-bond donors (Lipinski definition) is 1. The highest BCUT2D eigenvalue weighted by atomic mass is 16.5. The maximum Gasteiger partial charge on any atom is 0.223 e. The summed E-state index contributed by atoms with van der Waals surface area (Å²) in [4.78, 5) is 13.8. The Morgan fingerprint density at radius 2 is 2.11 bits per heavy atom. The Morgan fingerprint density at radius 3 is 2.68 bits per heavy atom. The normalized spacial score (nSPS) is 10.2. The summed E-state index contributed by atoms with van der Waals surface area (Å²) >= 11 is 0. The maximum absolute atomic E-state index is 12.1.